The Kier molecular flexibility index (Phi) is 3.63. The number of rotatable bonds is 5. The van der Waals surface area contributed by atoms with E-state index in [1.807, 2.05) is 18.2 Å². The predicted molar refractivity (Wildman–Crippen MR) is 73.9 cm³/mol. The van der Waals surface area contributed by atoms with Crippen LogP contribution in [0.5, 0.6) is 0 Å². The van der Waals surface area contributed by atoms with E-state index in [0.717, 1.165) is 11.6 Å². The minimum absolute atomic E-state index is 0.563. The summed E-state index contributed by atoms with van der Waals surface area (Å²) in [4.78, 5) is 8.67. The zero-order valence-electron chi connectivity index (χ0n) is 10.8. The van der Waals surface area contributed by atoms with E-state index < -0.39 is 0 Å². The van der Waals surface area contributed by atoms with Gasteiger partial charge in [0.1, 0.15) is 11.6 Å². The van der Waals surface area contributed by atoms with Gasteiger partial charge in [0.2, 0.25) is 5.95 Å². The van der Waals surface area contributed by atoms with E-state index in [4.69, 9.17) is 4.42 Å². The van der Waals surface area contributed by atoms with Crippen molar-refractivity contribution >= 4 is 11.8 Å². The Bertz CT molecular complexity index is 506. The molecule has 2 N–H and O–H groups in total. The van der Waals surface area contributed by atoms with Crippen molar-refractivity contribution < 1.29 is 4.42 Å². The molecule has 1 aliphatic rings. The van der Waals surface area contributed by atoms with Crippen LogP contribution in [0, 0.1) is 0 Å². The molecule has 0 unspecified atom stereocenters. The average Bonchev–Trinajstić information content (AvgIpc) is 3.10. The topological polar surface area (TPSA) is 63.0 Å². The van der Waals surface area contributed by atoms with Gasteiger partial charge in [-0.15, -0.1) is 0 Å². The number of hydrogen-bond donors (Lipinski definition) is 2. The van der Waals surface area contributed by atoms with Gasteiger partial charge < -0.3 is 15.1 Å². The lowest BCUT2D eigenvalue weighted by Gasteiger charge is -2.13. The number of nitrogens with zero attached hydrogens (tertiary/aromatic N) is 2. The van der Waals surface area contributed by atoms with E-state index in [1.54, 1.807) is 12.5 Å². The largest absolute Gasteiger partial charge is 0.467 e. The molecule has 100 valence electrons. The molecular formula is C14H18N4O. The van der Waals surface area contributed by atoms with Crippen LogP contribution in [0.3, 0.4) is 0 Å². The van der Waals surface area contributed by atoms with Gasteiger partial charge in [0.05, 0.1) is 12.8 Å². The lowest BCUT2D eigenvalue weighted by molar-refractivity contribution is 0.517. The number of nitrogens with one attached hydrogen (secondary N) is 2. The van der Waals surface area contributed by atoms with Crippen molar-refractivity contribution in [2.45, 2.75) is 38.3 Å². The monoisotopic (exact) mass is 258 g/mol. The van der Waals surface area contributed by atoms with Crippen LogP contribution >= 0.6 is 0 Å². The van der Waals surface area contributed by atoms with E-state index in [9.17, 15) is 0 Å². The number of furan rings is 1. The molecule has 2 aromatic rings. The van der Waals surface area contributed by atoms with Crippen LogP contribution in [0.1, 0.15) is 31.4 Å². The van der Waals surface area contributed by atoms with Crippen LogP contribution in [-0.4, -0.2) is 16.0 Å². The van der Waals surface area contributed by atoms with E-state index >= 15 is 0 Å². The highest BCUT2D eigenvalue weighted by Gasteiger charge is 2.15. The molecule has 1 aliphatic carbocycles. The second-order valence-corrected chi connectivity index (χ2v) is 4.82. The summed E-state index contributed by atoms with van der Waals surface area (Å²) in [5, 5.41) is 6.62. The molecule has 0 amide bonds. The van der Waals surface area contributed by atoms with Gasteiger partial charge in [0.25, 0.3) is 0 Å². The van der Waals surface area contributed by atoms with Gasteiger partial charge >= 0.3 is 0 Å². The Labute approximate surface area is 112 Å². The molecule has 1 saturated carbocycles. The summed E-state index contributed by atoms with van der Waals surface area (Å²) in [5.74, 6) is 2.39. The molecule has 1 fully saturated rings. The lowest BCUT2D eigenvalue weighted by Crippen LogP contribution is -2.16. The molecule has 0 bridgehead atoms. The lowest BCUT2D eigenvalue weighted by atomic mass is 10.2. The van der Waals surface area contributed by atoms with Gasteiger partial charge in [-0.05, 0) is 31.0 Å². The molecule has 0 aromatic carbocycles. The van der Waals surface area contributed by atoms with Crippen LogP contribution in [0.15, 0.2) is 35.1 Å². The normalized spacial score (nSPS) is 15.6. The van der Waals surface area contributed by atoms with Gasteiger partial charge in [-0.2, -0.15) is 4.98 Å². The number of aromatic nitrogens is 2. The molecule has 0 radical (unpaired) electrons. The van der Waals surface area contributed by atoms with Crippen molar-refractivity contribution in [2.75, 3.05) is 10.6 Å². The zero-order chi connectivity index (χ0) is 12.9. The molecular weight excluding hydrogens is 240 g/mol. The fourth-order valence-corrected chi connectivity index (χ4v) is 2.38. The highest BCUT2D eigenvalue weighted by atomic mass is 16.3. The van der Waals surface area contributed by atoms with E-state index in [1.165, 1.54) is 25.7 Å². The highest BCUT2D eigenvalue weighted by Crippen LogP contribution is 2.21. The van der Waals surface area contributed by atoms with Gasteiger partial charge in [-0.25, -0.2) is 4.98 Å². The maximum atomic E-state index is 5.26. The SMILES string of the molecule is c1coc(CNc2nccc(NC3CCCC3)n2)c1. The first-order valence-corrected chi connectivity index (χ1v) is 6.76. The summed E-state index contributed by atoms with van der Waals surface area (Å²) in [7, 11) is 0. The van der Waals surface area contributed by atoms with Crippen molar-refractivity contribution in [3.05, 3.63) is 36.4 Å². The number of anilines is 2. The summed E-state index contributed by atoms with van der Waals surface area (Å²) in [6.45, 7) is 0.597. The third-order valence-corrected chi connectivity index (χ3v) is 3.36. The molecule has 0 spiro atoms. The van der Waals surface area contributed by atoms with Crippen molar-refractivity contribution in [1.29, 1.82) is 0 Å². The maximum Gasteiger partial charge on any atom is 0.224 e. The fraction of sp³-hybridized carbons (Fsp3) is 0.429. The first kappa shape index (κ1) is 12.0. The van der Waals surface area contributed by atoms with Gasteiger partial charge in [-0.3, -0.25) is 0 Å². The Morgan fingerprint density at radius 2 is 2.16 bits per heavy atom. The van der Waals surface area contributed by atoms with Crippen molar-refractivity contribution in [3.63, 3.8) is 0 Å². The summed E-state index contributed by atoms with van der Waals surface area (Å²) < 4.78 is 5.26. The summed E-state index contributed by atoms with van der Waals surface area (Å²) in [5.41, 5.74) is 0. The van der Waals surface area contributed by atoms with Crippen molar-refractivity contribution in [2.24, 2.45) is 0 Å². The molecule has 0 aliphatic heterocycles. The summed E-state index contributed by atoms with van der Waals surface area (Å²) in [6, 6.07) is 6.27. The Morgan fingerprint density at radius 1 is 1.26 bits per heavy atom. The maximum absolute atomic E-state index is 5.26. The zero-order valence-corrected chi connectivity index (χ0v) is 10.8. The molecule has 19 heavy (non-hydrogen) atoms. The second-order valence-electron chi connectivity index (χ2n) is 4.82. The summed E-state index contributed by atoms with van der Waals surface area (Å²) in [6.07, 6.45) is 8.53. The minimum atomic E-state index is 0.563. The molecule has 0 atom stereocenters. The van der Waals surface area contributed by atoms with Gasteiger partial charge in [0.15, 0.2) is 0 Å². The third kappa shape index (κ3) is 3.24. The van der Waals surface area contributed by atoms with Crippen LogP contribution in [0.2, 0.25) is 0 Å². The summed E-state index contributed by atoms with van der Waals surface area (Å²) >= 11 is 0. The standard InChI is InChI=1S/C14H18N4O/c1-2-5-11(4-1)17-13-7-8-15-14(18-13)16-10-12-6-3-9-19-12/h3,6-9,11H,1-2,4-5,10H2,(H2,15,16,17,18). The molecule has 5 heteroatoms. The first-order valence-electron chi connectivity index (χ1n) is 6.76. The minimum Gasteiger partial charge on any atom is -0.467 e. The molecule has 0 saturated heterocycles. The number of hydrogen-bond acceptors (Lipinski definition) is 5. The molecule has 3 rings (SSSR count). The first-order chi connectivity index (χ1) is 9.40. The fourth-order valence-electron chi connectivity index (χ4n) is 2.38. The van der Waals surface area contributed by atoms with E-state index in [0.29, 0.717) is 18.5 Å². The molecule has 2 heterocycles. The van der Waals surface area contributed by atoms with Crippen molar-refractivity contribution in [1.82, 2.24) is 9.97 Å². The molecule has 2 aromatic heterocycles. The third-order valence-electron chi connectivity index (χ3n) is 3.36. The van der Waals surface area contributed by atoms with Crippen LogP contribution in [0.25, 0.3) is 0 Å². The highest BCUT2D eigenvalue weighted by molar-refractivity contribution is 5.40. The Morgan fingerprint density at radius 3 is 2.95 bits per heavy atom. The Hall–Kier alpha value is -2.04. The van der Waals surface area contributed by atoms with Gasteiger partial charge in [-0.1, -0.05) is 12.8 Å². The van der Waals surface area contributed by atoms with Crippen LogP contribution < -0.4 is 10.6 Å². The van der Waals surface area contributed by atoms with Crippen LogP contribution in [-0.2, 0) is 6.54 Å². The predicted octanol–water partition coefficient (Wildman–Crippen LogP) is 3.04. The molecule has 5 nitrogen and oxygen atoms in total. The quantitative estimate of drug-likeness (QED) is 0.863. The van der Waals surface area contributed by atoms with E-state index in [-0.39, 0.29) is 0 Å². The van der Waals surface area contributed by atoms with Gasteiger partial charge in [0, 0.05) is 12.2 Å². The van der Waals surface area contributed by atoms with E-state index in [2.05, 4.69) is 20.6 Å². The van der Waals surface area contributed by atoms with Crippen molar-refractivity contribution in [3.8, 4) is 0 Å². The van der Waals surface area contributed by atoms with Crippen LogP contribution in [0.4, 0.5) is 11.8 Å². The second kappa shape index (κ2) is 5.73. The smallest absolute Gasteiger partial charge is 0.224 e. The Balaban J connectivity index is 1.59. The average molecular weight is 258 g/mol.